The predicted molar refractivity (Wildman–Crippen MR) is 115 cm³/mol. The third-order valence-electron chi connectivity index (χ3n) is 5.22. The second kappa shape index (κ2) is 11.5. The number of carboxylic acids is 1. The van der Waals surface area contributed by atoms with Crippen LogP contribution in [0.4, 0.5) is 13.2 Å². The third-order valence-corrected chi connectivity index (χ3v) is 6.09. The first kappa shape index (κ1) is 25.7. The molecular formula is C22H24F3N3O5S. The molecule has 2 heterocycles. The monoisotopic (exact) mass is 499 g/mol. The van der Waals surface area contributed by atoms with Gasteiger partial charge in [-0.1, -0.05) is 11.8 Å². The van der Waals surface area contributed by atoms with E-state index in [1.54, 1.807) is 6.92 Å². The normalized spacial score (nSPS) is 12.9. The maximum absolute atomic E-state index is 13.3. The molecule has 0 radical (unpaired) electrons. The van der Waals surface area contributed by atoms with Crippen molar-refractivity contribution in [2.45, 2.75) is 69.0 Å². The Bertz CT molecular complexity index is 1050. The van der Waals surface area contributed by atoms with Crippen LogP contribution in [-0.4, -0.2) is 38.8 Å². The molecule has 0 atom stereocenters. The highest BCUT2D eigenvalue weighted by atomic mass is 32.2. The van der Waals surface area contributed by atoms with Crippen LogP contribution >= 0.6 is 11.8 Å². The van der Waals surface area contributed by atoms with Crippen molar-refractivity contribution in [3.63, 3.8) is 0 Å². The standard InChI is InChI=1S/C22H24F3N3O5S/c1-13-9-10-26-19(22(23,24)25)15(13)11-34-21-27-16-6-4-5-14(16)20(28-21)33-12-32-18(31)8-3-2-7-17(29)30/h9-10H,2-8,11-12H2,1H3,(H,29,30). The number of aromatic nitrogens is 3. The lowest BCUT2D eigenvalue weighted by Gasteiger charge is -2.14. The zero-order valence-electron chi connectivity index (χ0n) is 18.5. The number of carbonyl (C=O) groups is 2. The summed E-state index contributed by atoms with van der Waals surface area (Å²) >= 11 is 1.06. The maximum atomic E-state index is 13.3. The van der Waals surface area contributed by atoms with E-state index in [1.165, 1.54) is 6.07 Å². The number of thioether (sulfide) groups is 1. The van der Waals surface area contributed by atoms with E-state index in [9.17, 15) is 22.8 Å². The first-order valence-corrected chi connectivity index (χ1v) is 11.7. The summed E-state index contributed by atoms with van der Waals surface area (Å²) in [6, 6.07) is 1.53. The Labute approximate surface area is 198 Å². The number of halogens is 3. The second-order valence-electron chi connectivity index (χ2n) is 7.71. The molecule has 1 aliphatic rings. The van der Waals surface area contributed by atoms with Crippen molar-refractivity contribution in [1.29, 1.82) is 0 Å². The molecule has 0 bridgehead atoms. The molecule has 0 fully saturated rings. The lowest BCUT2D eigenvalue weighted by atomic mass is 10.1. The number of rotatable bonds is 11. The highest BCUT2D eigenvalue weighted by Crippen LogP contribution is 2.36. The number of aryl methyl sites for hydroxylation is 2. The van der Waals surface area contributed by atoms with Gasteiger partial charge in [0.15, 0.2) is 5.16 Å². The highest BCUT2D eigenvalue weighted by Gasteiger charge is 2.35. The Morgan fingerprint density at radius 2 is 1.94 bits per heavy atom. The van der Waals surface area contributed by atoms with Gasteiger partial charge in [0.1, 0.15) is 5.69 Å². The first-order chi connectivity index (χ1) is 16.1. The molecule has 0 saturated carbocycles. The van der Waals surface area contributed by atoms with E-state index in [2.05, 4.69) is 15.0 Å². The fraction of sp³-hybridized carbons (Fsp3) is 0.500. The Morgan fingerprint density at radius 1 is 1.18 bits per heavy atom. The van der Waals surface area contributed by atoms with Crippen molar-refractivity contribution in [2.24, 2.45) is 0 Å². The van der Waals surface area contributed by atoms with Crippen LogP contribution in [0.5, 0.6) is 5.88 Å². The van der Waals surface area contributed by atoms with Crippen LogP contribution in [0, 0.1) is 6.92 Å². The topological polar surface area (TPSA) is 112 Å². The van der Waals surface area contributed by atoms with Crippen LogP contribution in [0.3, 0.4) is 0 Å². The van der Waals surface area contributed by atoms with Gasteiger partial charge in [0.2, 0.25) is 12.7 Å². The molecule has 2 aromatic heterocycles. The lowest BCUT2D eigenvalue weighted by molar-refractivity contribution is -0.150. The molecule has 34 heavy (non-hydrogen) atoms. The van der Waals surface area contributed by atoms with Gasteiger partial charge in [-0.15, -0.1) is 0 Å². The number of fused-ring (bicyclic) bond motifs is 1. The summed E-state index contributed by atoms with van der Waals surface area (Å²) in [7, 11) is 0. The summed E-state index contributed by atoms with van der Waals surface area (Å²) in [6.07, 6.45) is -0.363. The SMILES string of the molecule is Cc1ccnc(C(F)(F)F)c1CSc1nc2c(c(OCOC(=O)CCCCC(=O)O)n1)CCC2. The molecule has 0 amide bonds. The van der Waals surface area contributed by atoms with Crippen molar-refractivity contribution in [1.82, 2.24) is 15.0 Å². The fourth-order valence-corrected chi connectivity index (χ4v) is 4.44. The molecule has 12 heteroatoms. The van der Waals surface area contributed by atoms with E-state index < -0.39 is 23.8 Å². The Hall–Kier alpha value is -2.89. The van der Waals surface area contributed by atoms with Crippen molar-refractivity contribution in [3.8, 4) is 5.88 Å². The fourth-order valence-electron chi connectivity index (χ4n) is 3.48. The summed E-state index contributed by atoms with van der Waals surface area (Å²) in [5, 5.41) is 8.88. The van der Waals surface area contributed by atoms with Gasteiger partial charge in [0, 0.05) is 30.4 Å². The van der Waals surface area contributed by atoms with Crippen LogP contribution in [-0.2, 0) is 39.1 Å². The van der Waals surface area contributed by atoms with Gasteiger partial charge in [-0.25, -0.2) is 4.98 Å². The van der Waals surface area contributed by atoms with Crippen molar-refractivity contribution in [2.75, 3.05) is 6.79 Å². The quantitative estimate of drug-likeness (QED) is 0.157. The number of alkyl halides is 3. The third kappa shape index (κ3) is 7.05. The molecule has 0 aromatic carbocycles. The van der Waals surface area contributed by atoms with Gasteiger partial charge in [0.05, 0.1) is 5.69 Å². The Balaban J connectivity index is 1.63. The molecule has 8 nitrogen and oxygen atoms in total. The molecule has 0 unspecified atom stereocenters. The van der Waals surface area contributed by atoms with E-state index in [4.69, 9.17) is 14.6 Å². The zero-order chi connectivity index (χ0) is 24.7. The Morgan fingerprint density at radius 3 is 2.68 bits per heavy atom. The number of aliphatic carboxylic acids is 1. The largest absolute Gasteiger partial charge is 0.481 e. The number of hydrogen-bond acceptors (Lipinski definition) is 8. The van der Waals surface area contributed by atoms with Gasteiger partial charge in [-0.2, -0.15) is 18.2 Å². The van der Waals surface area contributed by atoms with Crippen LogP contribution in [0.25, 0.3) is 0 Å². The van der Waals surface area contributed by atoms with Crippen LogP contribution < -0.4 is 4.74 Å². The number of carboxylic acid groups (broad SMARTS) is 1. The van der Waals surface area contributed by atoms with Gasteiger partial charge in [0.25, 0.3) is 0 Å². The van der Waals surface area contributed by atoms with E-state index in [0.717, 1.165) is 35.6 Å². The molecule has 0 spiro atoms. The van der Waals surface area contributed by atoms with E-state index in [-0.39, 0.29) is 42.0 Å². The van der Waals surface area contributed by atoms with Gasteiger partial charge in [-0.3, -0.25) is 14.6 Å². The van der Waals surface area contributed by atoms with E-state index in [1.807, 2.05) is 0 Å². The van der Waals surface area contributed by atoms with Crippen LogP contribution in [0.2, 0.25) is 0 Å². The summed E-state index contributed by atoms with van der Waals surface area (Å²) in [5.74, 6) is -1.20. The summed E-state index contributed by atoms with van der Waals surface area (Å²) in [5.41, 5.74) is 1.20. The molecule has 3 rings (SSSR count). The smallest absolute Gasteiger partial charge is 0.433 e. The summed E-state index contributed by atoms with van der Waals surface area (Å²) in [4.78, 5) is 34.6. The minimum absolute atomic E-state index is 0.0136. The summed E-state index contributed by atoms with van der Waals surface area (Å²) < 4.78 is 50.6. The van der Waals surface area contributed by atoms with Crippen molar-refractivity contribution >= 4 is 23.7 Å². The molecule has 0 aliphatic heterocycles. The van der Waals surface area contributed by atoms with E-state index in [0.29, 0.717) is 31.2 Å². The number of nitrogens with zero attached hydrogens (tertiary/aromatic N) is 3. The number of carbonyl (C=O) groups excluding carboxylic acids is 1. The summed E-state index contributed by atoms with van der Waals surface area (Å²) in [6.45, 7) is 1.23. The molecule has 0 saturated heterocycles. The van der Waals surface area contributed by atoms with Crippen molar-refractivity contribution < 1.29 is 37.3 Å². The zero-order valence-corrected chi connectivity index (χ0v) is 19.3. The van der Waals surface area contributed by atoms with Gasteiger partial charge < -0.3 is 14.6 Å². The van der Waals surface area contributed by atoms with Gasteiger partial charge >= 0.3 is 18.1 Å². The minimum atomic E-state index is -4.56. The number of unbranched alkanes of at least 4 members (excludes halogenated alkanes) is 1. The number of esters is 1. The van der Waals surface area contributed by atoms with E-state index >= 15 is 0 Å². The number of pyridine rings is 1. The molecule has 1 N–H and O–H groups in total. The van der Waals surface area contributed by atoms with Crippen molar-refractivity contribution in [3.05, 3.63) is 40.3 Å². The lowest BCUT2D eigenvalue weighted by Crippen LogP contribution is -2.13. The number of ether oxygens (including phenoxy) is 2. The molecule has 1 aliphatic carbocycles. The maximum Gasteiger partial charge on any atom is 0.433 e. The first-order valence-electron chi connectivity index (χ1n) is 10.7. The minimum Gasteiger partial charge on any atom is -0.481 e. The predicted octanol–water partition coefficient (Wildman–Crippen LogP) is 4.50. The average Bonchev–Trinajstić information content (AvgIpc) is 3.24. The average molecular weight is 500 g/mol. The Kier molecular flexibility index (Phi) is 8.70. The second-order valence-corrected chi connectivity index (χ2v) is 8.65. The highest BCUT2D eigenvalue weighted by molar-refractivity contribution is 7.98. The number of hydrogen-bond donors (Lipinski definition) is 1. The van der Waals surface area contributed by atoms with Crippen LogP contribution in [0.15, 0.2) is 17.4 Å². The molecular weight excluding hydrogens is 475 g/mol. The molecule has 184 valence electrons. The van der Waals surface area contributed by atoms with Gasteiger partial charge in [-0.05, 0) is 56.2 Å². The molecule has 2 aromatic rings. The van der Waals surface area contributed by atoms with Crippen LogP contribution in [0.1, 0.15) is 60.2 Å².